The van der Waals surface area contributed by atoms with Crippen LogP contribution in [0.4, 0.5) is 5.82 Å². The van der Waals surface area contributed by atoms with E-state index in [1.54, 1.807) is 0 Å². The molecule has 0 amide bonds. The quantitative estimate of drug-likeness (QED) is 0.341. The molecule has 0 aliphatic carbocycles. The van der Waals surface area contributed by atoms with Crippen molar-refractivity contribution in [2.75, 3.05) is 12.3 Å². The van der Waals surface area contributed by atoms with Crippen LogP contribution in [-0.2, 0) is 13.8 Å². The number of aliphatic hydroxyl groups is 2. The molecule has 1 saturated heterocycles. The average molecular weight is 391 g/mol. The topological polar surface area (TPSA) is 192 Å². The fourth-order valence-corrected chi connectivity index (χ4v) is 2.65. The fourth-order valence-electron chi connectivity index (χ4n) is 2.32. The maximum absolute atomic E-state index is 10.5. The third-order valence-corrected chi connectivity index (χ3v) is 3.86. The number of fused-ring (bicyclic) bond motifs is 1. The van der Waals surface area contributed by atoms with Crippen molar-refractivity contribution in [1.82, 2.24) is 19.5 Å². The monoisotopic (exact) mass is 391 g/mol. The number of rotatable bonds is 4. The van der Waals surface area contributed by atoms with Crippen molar-refractivity contribution >= 4 is 83.9 Å². The number of phosphoric acid groups is 1. The number of anilines is 1. The summed E-state index contributed by atoms with van der Waals surface area (Å²) in [5.41, 5.74) is 6.19. The van der Waals surface area contributed by atoms with Gasteiger partial charge in [-0.05, 0) is 0 Å². The molecule has 2 aromatic rings. The molecule has 2 aromatic heterocycles. The van der Waals surface area contributed by atoms with Crippen molar-refractivity contribution in [2.24, 2.45) is 0 Å². The van der Waals surface area contributed by atoms with Crippen LogP contribution in [-0.4, -0.2) is 114 Å². The van der Waals surface area contributed by atoms with E-state index in [-0.39, 0.29) is 76.1 Å². The van der Waals surface area contributed by atoms with Crippen LogP contribution in [0.15, 0.2) is 12.7 Å². The van der Waals surface area contributed by atoms with E-state index in [1.165, 1.54) is 17.2 Å². The van der Waals surface area contributed by atoms with Crippen LogP contribution in [0.1, 0.15) is 6.23 Å². The number of aromatic nitrogens is 4. The number of hydrogen-bond acceptors (Lipinski definition) is 11. The number of phosphoric ester groups is 1. The van der Waals surface area contributed by atoms with Crippen LogP contribution < -0.4 is 15.5 Å². The SMILES string of the molecule is Nc1ncnc2c1ncn2[C@@H]1O[C@H](COP(=O)([O-])[O-])[C@@H](O)[C@H]1O.[Na].[Na]. The Kier molecular flexibility index (Phi) is 8.44. The Morgan fingerprint density at radius 2 is 1.96 bits per heavy atom. The number of nitrogen functional groups attached to an aromatic ring is 1. The molecule has 0 bridgehead atoms. The van der Waals surface area contributed by atoms with Gasteiger partial charge in [0.1, 0.15) is 30.2 Å². The molecule has 2 radical (unpaired) electrons. The van der Waals surface area contributed by atoms with Gasteiger partial charge in [0.25, 0.3) is 0 Å². The summed E-state index contributed by atoms with van der Waals surface area (Å²) in [6, 6.07) is 0. The molecule has 128 valence electrons. The summed E-state index contributed by atoms with van der Waals surface area (Å²) in [5.74, 6) is 0.125. The minimum absolute atomic E-state index is 0. The maximum atomic E-state index is 10.5. The van der Waals surface area contributed by atoms with E-state index in [9.17, 15) is 24.6 Å². The minimum atomic E-state index is -5.22. The second-order valence-corrected chi connectivity index (χ2v) is 6.02. The number of nitrogens with zero attached hydrogens (tertiary/aromatic N) is 4. The van der Waals surface area contributed by atoms with Gasteiger partial charge in [-0.15, -0.1) is 0 Å². The third-order valence-electron chi connectivity index (χ3n) is 3.40. The second-order valence-electron chi connectivity index (χ2n) is 4.87. The third kappa shape index (κ3) is 4.99. The van der Waals surface area contributed by atoms with Gasteiger partial charge in [-0.1, -0.05) is 0 Å². The van der Waals surface area contributed by atoms with Crippen LogP contribution in [0.2, 0.25) is 0 Å². The van der Waals surface area contributed by atoms with Crippen molar-refractivity contribution in [3.8, 4) is 0 Å². The van der Waals surface area contributed by atoms with E-state index in [0.29, 0.717) is 0 Å². The van der Waals surface area contributed by atoms with E-state index in [0.717, 1.165) is 0 Å². The summed E-state index contributed by atoms with van der Waals surface area (Å²) in [5, 5.41) is 20.0. The van der Waals surface area contributed by atoms with E-state index in [2.05, 4.69) is 19.5 Å². The van der Waals surface area contributed by atoms with E-state index >= 15 is 0 Å². The Bertz CT molecular complexity index is 773. The molecule has 1 aliphatic heterocycles. The molecule has 4 N–H and O–H groups in total. The molecular weight excluding hydrogens is 379 g/mol. The van der Waals surface area contributed by atoms with Gasteiger partial charge in [-0.25, -0.2) is 15.0 Å². The number of hydrogen-bond donors (Lipinski definition) is 3. The van der Waals surface area contributed by atoms with Crippen molar-refractivity contribution < 1.29 is 33.8 Å². The Labute approximate surface area is 185 Å². The van der Waals surface area contributed by atoms with Gasteiger partial charge in [0.15, 0.2) is 17.7 Å². The van der Waals surface area contributed by atoms with Crippen LogP contribution in [0.5, 0.6) is 0 Å². The van der Waals surface area contributed by atoms with Gasteiger partial charge in [0.2, 0.25) is 0 Å². The van der Waals surface area contributed by atoms with Crippen LogP contribution in [0.3, 0.4) is 0 Å². The van der Waals surface area contributed by atoms with Gasteiger partial charge in [0, 0.05) is 59.1 Å². The van der Waals surface area contributed by atoms with Gasteiger partial charge in [-0.3, -0.25) is 4.57 Å². The van der Waals surface area contributed by atoms with Crippen molar-refractivity contribution in [3.63, 3.8) is 0 Å². The first-order valence-electron chi connectivity index (χ1n) is 6.39. The molecular formula is C10H12N5Na2O7P-2. The smallest absolute Gasteiger partial charge is 0.167 e. The van der Waals surface area contributed by atoms with Crippen molar-refractivity contribution in [1.29, 1.82) is 0 Å². The second kappa shape index (κ2) is 9.02. The Balaban J connectivity index is 0.00000156. The summed E-state index contributed by atoms with van der Waals surface area (Å²) < 4.78 is 21.3. The number of imidazole rings is 1. The summed E-state index contributed by atoms with van der Waals surface area (Å²) in [7, 11) is -5.22. The molecule has 3 heterocycles. The Morgan fingerprint density at radius 1 is 1.28 bits per heavy atom. The summed E-state index contributed by atoms with van der Waals surface area (Å²) >= 11 is 0. The van der Waals surface area contributed by atoms with E-state index in [1.807, 2.05) is 0 Å². The largest absolute Gasteiger partial charge is 0.790 e. The van der Waals surface area contributed by atoms with Gasteiger partial charge in [-0.2, -0.15) is 0 Å². The molecule has 15 heteroatoms. The zero-order chi connectivity index (χ0) is 16.8. The zero-order valence-corrected chi connectivity index (χ0v) is 18.3. The molecule has 0 saturated carbocycles. The summed E-state index contributed by atoms with van der Waals surface area (Å²) in [6.07, 6.45) is -2.75. The number of ether oxygens (including phenoxy) is 1. The molecule has 0 aromatic carbocycles. The van der Waals surface area contributed by atoms with E-state index < -0.39 is 39.0 Å². The normalized spacial score (nSPS) is 26.2. The van der Waals surface area contributed by atoms with Gasteiger partial charge < -0.3 is 39.6 Å². The van der Waals surface area contributed by atoms with E-state index in [4.69, 9.17) is 10.5 Å². The first-order valence-corrected chi connectivity index (χ1v) is 7.85. The molecule has 0 unspecified atom stereocenters. The van der Waals surface area contributed by atoms with Gasteiger partial charge in [0.05, 0.1) is 20.8 Å². The molecule has 1 fully saturated rings. The predicted molar refractivity (Wildman–Crippen MR) is 80.7 cm³/mol. The molecule has 1 aliphatic rings. The average Bonchev–Trinajstić information content (AvgIpc) is 3.01. The maximum Gasteiger partial charge on any atom is 0.167 e. The Morgan fingerprint density at radius 3 is 2.60 bits per heavy atom. The Hall–Kier alpha value is 0.340. The molecule has 3 rings (SSSR count). The van der Waals surface area contributed by atoms with Crippen LogP contribution in [0.25, 0.3) is 11.2 Å². The molecule has 0 spiro atoms. The fraction of sp³-hybridized carbons (Fsp3) is 0.500. The predicted octanol–water partition coefficient (Wildman–Crippen LogP) is -3.89. The number of nitrogens with two attached hydrogens (primary N) is 1. The number of aliphatic hydroxyl groups excluding tert-OH is 2. The van der Waals surface area contributed by atoms with Gasteiger partial charge >= 0.3 is 0 Å². The first kappa shape index (κ1) is 23.4. The molecule has 12 nitrogen and oxygen atoms in total. The van der Waals surface area contributed by atoms with Crippen molar-refractivity contribution in [3.05, 3.63) is 12.7 Å². The summed E-state index contributed by atoms with van der Waals surface area (Å²) in [4.78, 5) is 32.8. The summed E-state index contributed by atoms with van der Waals surface area (Å²) in [6.45, 7) is -0.719. The van der Waals surface area contributed by atoms with Crippen LogP contribution in [0, 0.1) is 0 Å². The molecule has 25 heavy (non-hydrogen) atoms. The van der Waals surface area contributed by atoms with Crippen LogP contribution >= 0.6 is 7.82 Å². The standard InChI is InChI=1S/C10H14N5O7P.2Na/c11-8-5-9(13-2-12-8)15(3-14-5)10-7(17)6(16)4(22-10)1-21-23(18,19)20;;/h2-4,6-7,10,16-17H,1H2,(H2,11,12,13)(H2,18,19,20);;/p-2/t4-,6-,7-,10-;;/m1../s1. The zero-order valence-electron chi connectivity index (χ0n) is 13.4. The minimum Gasteiger partial charge on any atom is -0.790 e. The molecule has 4 atom stereocenters. The first-order chi connectivity index (χ1) is 10.8. The van der Waals surface area contributed by atoms with Crippen molar-refractivity contribution in [2.45, 2.75) is 24.5 Å².